The zero-order valence-electron chi connectivity index (χ0n) is 15.4. The van der Waals surface area contributed by atoms with Crippen molar-refractivity contribution in [1.29, 1.82) is 0 Å². The molecule has 6 nitrogen and oxygen atoms in total. The first-order valence-corrected chi connectivity index (χ1v) is 8.72. The second kappa shape index (κ2) is 5.71. The van der Waals surface area contributed by atoms with E-state index in [4.69, 9.17) is 0 Å². The largest absolute Gasteiger partial charge is 0.329 e. The van der Waals surface area contributed by atoms with Crippen LogP contribution in [0, 0.1) is 5.41 Å². The smallest absolute Gasteiger partial charge is 0.282 e. The minimum atomic E-state index is -2.09. The number of β-lactam (4-membered cyclic amide) rings is 4. The maximum Gasteiger partial charge on any atom is 0.282 e. The van der Waals surface area contributed by atoms with Gasteiger partial charge in [-0.1, -0.05) is 47.5 Å². The molecule has 0 aromatic heterocycles. The number of amides is 4. The molecule has 24 heavy (non-hydrogen) atoms. The van der Waals surface area contributed by atoms with Crippen molar-refractivity contribution in [1.82, 2.24) is 9.71 Å². The summed E-state index contributed by atoms with van der Waals surface area (Å²) in [5.74, 6) is -2.70. The lowest BCUT2D eigenvalue weighted by atomic mass is 9.52. The molecule has 4 amide bonds. The van der Waals surface area contributed by atoms with Gasteiger partial charge in [-0.15, -0.1) is 0 Å². The average Bonchev–Trinajstić information content (AvgIpc) is 2.59. The van der Waals surface area contributed by atoms with Crippen molar-refractivity contribution in [2.24, 2.45) is 5.41 Å². The molecule has 0 atom stereocenters. The molecule has 2 saturated heterocycles. The molecule has 2 heterocycles. The molecule has 2 fully saturated rings. The Balaban J connectivity index is 2.24. The molecule has 7 heteroatoms. The van der Waals surface area contributed by atoms with Crippen LogP contribution in [0.2, 0.25) is 5.31 Å². The topological polar surface area (TPSA) is 74.8 Å². The fraction of sp³-hybridized carbons (Fsp3) is 0.765. The summed E-state index contributed by atoms with van der Waals surface area (Å²) in [7, 11) is 1.57. The van der Waals surface area contributed by atoms with Crippen molar-refractivity contribution in [2.75, 3.05) is 0 Å². The molecule has 0 aromatic rings. The summed E-state index contributed by atoms with van der Waals surface area (Å²) in [5, 5.41) is -0.316. The Morgan fingerprint density at radius 1 is 0.792 bits per heavy atom. The normalized spacial score (nSPS) is 20.4. The number of hydrogen-bond donors (Lipinski definition) is 0. The van der Waals surface area contributed by atoms with Gasteiger partial charge in [0, 0.05) is 5.54 Å². The van der Waals surface area contributed by atoms with Gasteiger partial charge in [0.2, 0.25) is 0 Å². The van der Waals surface area contributed by atoms with Gasteiger partial charge in [0.15, 0.2) is 0 Å². The number of hydrogen-bond acceptors (Lipinski definition) is 4. The van der Waals surface area contributed by atoms with Crippen molar-refractivity contribution < 1.29 is 19.2 Å². The van der Waals surface area contributed by atoms with Crippen LogP contribution in [0.15, 0.2) is 0 Å². The van der Waals surface area contributed by atoms with Crippen LogP contribution in [0.25, 0.3) is 0 Å². The Morgan fingerprint density at radius 3 is 1.54 bits per heavy atom. The van der Waals surface area contributed by atoms with Crippen molar-refractivity contribution in [2.45, 2.75) is 78.1 Å². The highest BCUT2D eigenvalue weighted by molar-refractivity contribution is 6.62. The minimum absolute atomic E-state index is 0.316. The summed E-state index contributed by atoms with van der Waals surface area (Å²) in [6, 6.07) is 0. The van der Waals surface area contributed by atoms with Gasteiger partial charge in [-0.2, -0.15) is 0 Å². The molecular weight excluding hydrogens is 307 g/mol. The number of carbonyl (C=O) groups excluding carboxylic acids is 4. The molecule has 1 radical (unpaired) electrons. The van der Waals surface area contributed by atoms with Crippen LogP contribution in [-0.2, 0) is 19.2 Å². The zero-order valence-corrected chi connectivity index (χ0v) is 15.4. The first kappa shape index (κ1) is 18.7. The summed E-state index contributed by atoms with van der Waals surface area (Å²) >= 11 is 0. The van der Waals surface area contributed by atoms with Crippen LogP contribution in [0.5, 0.6) is 0 Å². The van der Waals surface area contributed by atoms with Gasteiger partial charge in [-0.25, -0.2) is 0 Å². The molecule has 0 unspecified atom stereocenters. The first-order valence-electron chi connectivity index (χ1n) is 8.72. The first-order chi connectivity index (χ1) is 11.1. The maximum absolute atomic E-state index is 12.6. The molecule has 2 rings (SSSR count). The average molecular weight is 333 g/mol. The summed E-state index contributed by atoms with van der Waals surface area (Å²) in [5.41, 5.74) is -2.74. The van der Waals surface area contributed by atoms with Crippen molar-refractivity contribution >= 4 is 31.0 Å². The number of imide groups is 2. The predicted octanol–water partition coefficient (Wildman–Crippen LogP) is 1.91. The van der Waals surface area contributed by atoms with E-state index in [0.717, 1.165) is 22.6 Å². The minimum Gasteiger partial charge on any atom is -0.329 e. The Hall–Kier alpha value is -1.66. The molecule has 0 bridgehead atoms. The Morgan fingerprint density at radius 2 is 1.21 bits per heavy atom. The standard InChI is InChI=1S/C17H26BN2O4/c1-7-15(5,8-2)18-20-13(23)17(14(20)24)11(21)19(12(17)22)16(6,9-3)10-4/h7-10H2,1-6H3. The molecular formula is C17H26BN2O4. The van der Waals surface area contributed by atoms with Crippen LogP contribution >= 0.6 is 0 Å². The summed E-state index contributed by atoms with van der Waals surface area (Å²) in [6.45, 7) is 11.5. The van der Waals surface area contributed by atoms with Gasteiger partial charge >= 0.3 is 0 Å². The van der Waals surface area contributed by atoms with Crippen molar-refractivity contribution in [3.63, 3.8) is 0 Å². The van der Waals surface area contributed by atoms with E-state index in [9.17, 15) is 19.2 Å². The van der Waals surface area contributed by atoms with E-state index in [1.54, 1.807) is 14.3 Å². The Bertz CT molecular complexity index is 574. The Labute approximate surface area is 144 Å². The van der Waals surface area contributed by atoms with E-state index >= 15 is 0 Å². The quantitative estimate of drug-likeness (QED) is 0.405. The van der Waals surface area contributed by atoms with Crippen LogP contribution in [0.3, 0.4) is 0 Å². The second-order valence-electron chi connectivity index (χ2n) is 7.37. The van der Waals surface area contributed by atoms with E-state index in [2.05, 4.69) is 0 Å². The van der Waals surface area contributed by atoms with Crippen LogP contribution in [-0.4, -0.2) is 46.3 Å². The van der Waals surface area contributed by atoms with E-state index in [1.165, 1.54) is 0 Å². The van der Waals surface area contributed by atoms with Crippen molar-refractivity contribution in [3.8, 4) is 0 Å². The highest BCUT2D eigenvalue weighted by Gasteiger charge is 2.81. The van der Waals surface area contributed by atoms with E-state index < -0.39 is 34.6 Å². The SMILES string of the molecule is CCC(C)([B]N1C(=O)C2(C1=O)C(=O)N(C(C)(CC)CC)C2=O)CC. The highest BCUT2D eigenvalue weighted by Crippen LogP contribution is 2.50. The maximum atomic E-state index is 12.6. The van der Waals surface area contributed by atoms with Crippen LogP contribution < -0.4 is 0 Å². The molecule has 0 N–H and O–H groups in total. The molecule has 0 saturated carbocycles. The molecule has 0 aromatic carbocycles. The fourth-order valence-corrected chi connectivity index (χ4v) is 3.24. The molecule has 0 aliphatic carbocycles. The van der Waals surface area contributed by atoms with Crippen LogP contribution in [0.4, 0.5) is 0 Å². The van der Waals surface area contributed by atoms with Gasteiger partial charge in [-0.3, -0.25) is 24.1 Å². The van der Waals surface area contributed by atoms with Crippen LogP contribution in [0.1, 0.15) is 67.2 Å². The van der Waals surface area contributed by atoms with Gasteiger partial charge < -0.3 is 4.81 Å². The highest BCUT2D eigenvalue weighted by atomic mass is 16.2. The fourth-order valence-electron chi connectivity index (χ4n) is 3.24. The lowest BCUT2D eigenvalue weighted by Crippen LogP contribution is -2.87. The Kier molecular flexibility index (Phi) is 4.44. The lowest BCUT2D eigenvalue weighted by molar-refractivity contribution is -0.201. The summed E-state index contributed by atoms with van der Waals surface area (Å²) < 4.78 is 0. The van der Waals surface area contributed by atoms with Crippen molar-refractivity contribution in [3.05, 3.63) is 0 Å². The molecule has 2 aliphatic heterocycles. The van der Waals surface area contributed by atoms with Gasteiger partial charge in [0.25, 0.3) is 36.5 Å². The van der Waals surface area contributed by atoms with Gasteiger partial charge in [0.05, 0.1) is 0 Å². The summed E-state index contributed by atoms with van der Waals surface area (Å²) in [4.78, 5) is 52.5. The third-order valence-electron chi connectivity index (χ3n) is 6.25. The van der Waals surface area contributed by atoms with E-state index in [1.807, 2.05) is 34.6 Å². The second-order valence-corrected chi connectivity index (χ2v) is 7.37. The molecule has 131 valence electrons. The molecule has 2 aliphatic rings. The number of rotatable bonds is 7. The van der Waals surface area contributed by atoms with Gasteiger partial charge in [0.1, 0.15) is 0 Å². The van der Waals surface area contributed by atoms with E-state index in [0.29, 0.717) is 12.8 Å². The predicted molar refractivity (Wildman–Crippen MR) is 89.8 cm³/mol. The number of carbonyl (C=O) groups is 4. The third-order valence-corrected chi connectivity index (χ3v) is 6.25. The lowest BCUT2D eigenvalue weighted by Gasteiger charge is -2.58. The number of likely N-dealkylation sites (tertiary alicyclic amines) is 1. The monoisotopic (exact) mass is 333 g/mol. The number of nitrogens with zero attached hydrogens (tertiary/aromatic N) is 2. The third kappa shape index (κ3) is 2.02. The van der Waals surface area contributed by atoms with Gasteiger partial charge in [-0.05, 0) is 25.1 Å². The van der Waals surface area contributed by atoms with E-state index in [-0.39, 0.29) is 5.31 Å². The summed E-state index contributed by atoms with van der Waals surface area (Å²) in [6.07, 6.45) is 2.68. The molecule has 1 spiro atoms. The zero-order chi connectivity index (χ0) is 18.5.